The van der Waals surface area contributed by atoms with E-state index in [1.807, 2.05) is 18.2 Å². The zero-order valence-corrected chi connectivity index (χ0v) is 9.44. The van der Waals surface area contributed by atoms with Gasteiger partial charge in [-0.1, -0.05) is 6.07 Å². The Morgan fingerprint density at radius 3 is 2.69 bits per heavy atom. The number of carboxylic acid groups (broad SMARTS) is 1. The SMILES string of the molecule is COc1cccc2c1c(C)c(C(=O)O)n2C. The molecule has 0 aliphatic rings. The third-order valence-electron chi connectivity index (χ3n) is 2.85. The summed E-state index contributed by atoms with van der Waals surface area (Å²) < 4.78 is 6.93. The van der Waals surface area contributed by atoms with Gasteiger partial charge in [-0.15, -0.1) is 0 Å². The highest BCUT2D eigenvalue weighted by atomic mass is 16.5. The van der Waals surface area contributed by atoms with Crippen molar-refractivity contribution in [3.63, 3.8) is 0 Å². The van der Waals surface area contributed by atoms with E-state index in [4.69, 9.17) is 9.84 Å². The van der Waals surface area contributed by atoms with Crippen molar-refractivity contribution in [1.82, 2.24) is 4.57 Å². The molecule has 2 aromatic rings. The Bertz CT molecular complexity index is 569. The number of rotatable bonds is 2. The van der Waals surface area contributed by atoms with Crippen LogP contribution in [0.25, 0.3) is 10.9 Å². The molecule has 0 bridgehead atoms. The van der Waals surface area contributed by atoms with Gasteiger partial charge in [0.2, 0.25) is 0 Å². The zero-order valence-electron chi connectivity index (χ0n) is 9.44. The number of fused-ring (bicyclic) bond motifs is 1. The molecule has 0 saturated carbocycles. The number of nitrogens with zero attached hydrogens (tertiary/aromatic N) is 1. The lowest BCUT2D eigenvalue weighted by atomic mass is 10.1. The molecule has 1 heterocycles. The molecule has 16 heavy (non-hydrogen) atoms. The Morgan fingerprint density at radius 2 is 2.12 bits per heavy atom. The van der Waals surface area contributed by atoms with Gasteiger partial charge in [0.05, 0.1) is 12.6 Å². The molecule has 4 heteroatoms. The molecule has 0 atom stereocenters. The van der Waals surface area contributed by atoms with Gasteiger partial charge < -0.3 is 14.4 Å². The van der Waals surface area contributed by atoms with E-state index in [1.54, 1.807) is 25.6 Å². The van der Waals surface area contributed by atoms with E-state index in [2.05, 4.69) is 0 Å². The van der Waals surface area contributed by atoms with E-state index >= 15 is 0 Å². The fraction of sp³-hybridized carbons (Fsp3) is 0.250. The van der Waals surface area contributed by atoms with Crippen molar-refractivity contribution in [3.8, 4) is 5.75 Å². The van der Waals surface area contributed by atoms with E-state index in [0.29, 0.717) is 11.4 Å². The standard InChI is InChI=1S/C12H13NO3/c1-7-10-8(5-4-6-9(10)16-3)13(2)11(7)12(14)15/h4-6H,1-3H3,(H,14,15). The van der Waals surface area contributed by atoms with Gasteiger partial charge in [0.15, 0.2) is 0 Å². The number of benzene rings is 1. The summed E-state index contributed by atoms with van der Waals surface area (Å²) in [5, 5.41) is 10.0. The lowest BCUT2D eigenvalue weighted by Gasteiger charge is -2.02. The number of carbonyl (C=O) groups is 1. The lowest BCUT2D eigenvalue weighted by molar-refractivity contribution is 0.0686. The summed E-state index contributed by atoms with van der Waals surface area (Å²) >= 11 is 0. The second-order valence-corrected chi connectivity index (χ2v) is 3.69. The van der Waals surface area contributed by atoms with Gasteiger partial charge >= 0.3 is 5.97 Å². The Labute approximate surface area is 93.1 Å². The molecule has 2 rings (SSSR count). The first-order chi connectivity index (χ1) is 7.57. The predicted octanol–water partition coefficient (Wildman–Crippen LogP) is 2.19. The molecule has 1 aromatic carbocycles. The van der Waals surface area contributed by atoms with Crippen LogP contribution in [0.15, 0.2) is 18.2 Å². The molecule has 84 valence electrons. The van der Waals surface area contributed by atoms with Crippen LogP contribution in [0.3, 0.4) is 0 Å². The third-order valence-corrected chi connectivity index (χ3v) is 2.85. The molecule has 0 aliphatic carbocycles. The molecule has 0 fully saturated rings. The molecule has 0 saturated heterocycles. The van der Waals surface area contributed by atoms with Crippen molar-refractivity contribution < 1.29 is 14.6 Å². The van der Waals surface area contributed by atoms with Crippen molar-refractivity contribution >= 4 is 16.9 Å². The molecule has 0 unspecified atom stereocenters. The van der Waals surface area contributed by atoms with Crippen molar-refractivity contribution in [2.45, 2.75) is 6.92 Å². The maximum atomic E-state index is 11.2. The van der Waals surface area contributed by atoms with Crippen LogP contribution < -0.4 is 4.74 Å². The molecule has 0 aliphatic heterocycles. The number of ether oxygens (including phenoxy) is 1. The average molecular weight is 219 g/mol. The van der Waals surface area contributed by atoms with Crippen molar-refractivity contribution in [2.24, 2.45) is 7.05 Å². The Morgan fingerprint density at radius 1 is 1.44 bits per heavy atom. The van der Waals surface area contributed by atoms with E-state index in [9.17, 15) is 4.79 Å². The monoisotopic (exact) mass is 219 g/mol. The number of methoxy groups -OCH3 is 1. The summed E-state index contributed by atoms with van der Waals surface area (Å²) in [6, 6.07) is 5.57. The highest BCUT2D eigenvalue weighted by Crippen LogP contribution is 2.32. The average Bonchev–Trinajstić information content (AvgIpc) is 2.51. The molecule has 0 amide bonds. The minimum atomic E-state index is -0.918. The smallest absolute Gasteiger partial charge is 0.352 e. The van der Waals surface area contributed by atoms with Crippen LogP contribution in [0.4, 0.5) is 0 Å². The molecule has 4 nitrogen and oxygen atoms in total. The van der Waals surface area contributed by atoms with Crippen LogP contribution in [0, 0.1) is 6.92 Å². The van der Waals surface area contributed by atoms with E-state index in [-0.39, 0.29) is 0 Å². The number of carboxylic acids is 1. The first-order valence-electron chi connectivity index (χ1n) is 4.93. The Hall–Kier alpha value is -1.97. The van der Waals surface area contributed by atoms with E-state index in [1.165, 1.54) is 0 Å². The van der Waals surface area contributed by atoms with Crippen LogP contribution in [0.1, 0.15) is 16.1 Å². The first-order valence-corrected chi connectivity index (χ1v) is 4.93. The van der Waals surface area contributed by atoms with Crippen molar-refractivity contribution in [3.05, 3.63) is 29.5 Å². The molecular formula is C12H13NO3. The van der Waals surface area contributed by atoms with Crippen molar-refractivity contribution in [2.75, 3.05) is 7.11 Å². The number of aryl methyl sites for hydroxylation is 2. The summed E-state index contributed by atoms with van der Waals surface area (Å²) in [4.78, 5) is 11.2. The molecule has 1 N–H and O–H groups in total. The summed E-state index contributed by atoms with van der Waals surface area (Å²) in [5.41, 5.74) is 1.91. The molecule has 0 radical (unpaired) electrons. The van der Waals surface area contributed by atoms with Crippen LogP contribution in [-0.2, 0) is 7.05 Å². The van der Waals surface area contributed by atoms with Gasteiger partial charge in [0.25, 0.3) is 0 Å². The molecule has 0 spiro atoms. The normalized spacial score (nSPS) is 10.7. The zero-order chi connectivity index (χ0) is 11.9. The highest BCUT2D eigenvalue weighted by molar-refractivity contribution is 6.00. The second kappa shape index (κ2) is 3.56. The van der Waals surface area contributed by atoms with Gasteiger partial charge in [-0.25, -0.2) is 4.79 Å². The summed E-state index contributed by atoms with van der Waals surface area (Å²) in [6.45, 7) is 1.80. The van der Waals surface area contributed by atoms with Gasteiger partial charge in [-0.05, 0) is 24.6 Å². The number of hydrogen-bond donors (Lipinski definition) is 1. The predicted molar refractivity (Wildman–Crippen MR) is 61.2 cm³/mol. The maximum Gasteiger partial charge on any atom is 0.352 e. The number of aromatic nitrogens is 1. The maximum absolute atomic E-state index is 11.2. The van der Waals surface area contributed by atoms with Gasteiger partial charge in [0, 0.05) is 12.4 Å². The van der Waals surface area contributed by atoms with Crippen LogP contribution >= 0.6 is 0 Å². The topological polar surface area (TPSA) is 51.5 Å². The number of hydrogen-bond acceptors (Lipinski definition) is 2. The fourth-order valence-corrected chi connectivity index (χ4v) is 2.14. The summed E-state index contributed by atoms with van der Waals surface area (Å²) in [5.74, 6) is -0.212. The molecular weight excluding hydrogens is 206 g/mol. The molecule has 1 aromatic heterocycles. The summed E-state index contributed by atoms with van der Waals surface area (Å²) in [6.07, 6.45) is 0. The Balaban J connectivity index is 2.93. The first kappa shape index (κ1) is 10.5. The van der Waals surface area contributed by atoms with E-state index in [0.717, 1.165) is 16.5 Å². The Kier molecular flexibility index (Phi) is 2.34. The van der Waals surface area contributed by atoms with Crippen LogP contribution in [0.5, 0.6) is 5.75 Å². The van der Waals surface area contributed by atoms with Crippen molar-refractivity contribution in [1.29, 1.82) is 0 Å². The quantitative estimate of drug-likeness (QED) is 0.842. The van der Waals surface area contributed by atoms with Gasteiger partial charge in [0.1, 0.15) is 11.4 Å². The minimum Gasteiger partial charge on any atom is -0.496 e. The lowest BCUT2D eigenvalue weighted by Crippen LogP contribution is -2.05. The third kappa shape index (κ3) is 1.26. The minimum absolute atomic E-state index is 0.305. The van der Waals surface area contributed by atoms with E-state index < -0.39 is 5.97 Å². The summed E-state index contributed by atoms with van der Waals surface area (Å²) in [7, 11) is 3.33. The highest BCUT2D eigenvalue weighted by Gasteiger charge is 2.19. The van der Waals surface area contributed by atoms with Crippen LogP contribution in [-0.4, -0.2) is 22.8 Å². The largest absolute Gasteiger partial charge is 0.496 e. The second-order valence-electron chi connectivity index (χ2n) is 3.69. The fourth-order valence-electron chi connectivity index (χ4n) is 2.14. The van der Waals surface area contributed by atoms with Gasteiger partial charge in [-0.3, -0.25) is 0 Å². The van der Waals surface area contributed by atoms with Crippen LogP contribution in [0.2, 0.25) is 0 Å². The van der Waals surface area contributed by atoms with Gasteiger partial charge in [-0.2, -0.15) is 0 Å². The number of aromatic carboxylic acids is 1.